The molecule has 0 saturated heterocycles. The lowest BCUT2D eigenvalue weighted by molar-refractivity contribution is -0.116. The van der Waals surface area contributed by atoms with Crippen LogP contribution in [0.25, 0.3) is 0 Å². The van der Waals surface area contributed by atoms with Crippen LogP contribution in [0.15, 0.2) is 42.7 Å². The number of anilines is 1. The fraction of sp³-hybridized carbons (Fsp3) is 0.360. The number of nitrogens with one attached hydrogen (secondary N) is 1. The SMILES string of the molecule is Cc1nccn1CCOC(=O)N1CCc2c(sc(NC(=O)CC(C)c3ccccc3)c2C#N)C1. The molecule has 4 rings (SSSR count). The Morgan fingerprint density at radius 3 is 2.82 bits per heavy atom. The molecule has 0 fully saturated rings. The molecule has 0 aliphatic carbocycles. The molecule has 1 unspecified atom stereocenters. The van der Waals surface area contributed by atoms with Crippen molar-refractivity contribution in [2.24, 2.45) is 0 Å². The minimum Gasteiger partial charge on any atom is -0.448 e. The smallest absolute Gasteiger partial charge is 0.410 e. The second-order valence-corrected chi connectivity index (χ2v) is 9.44. The fourth-order valence-electron chi connectivity index (χ4n) is 4.08. The number of aromatic nitrogens is 2. The van der Waals surface area contributed by atoms with Gasteiger partial charge in [-0.2, -0.15) is 5.26 Å². The van der Waals surface area contributed by atoms with Crippen LogP contribution < -0.4 is 5.32 Å². The van der Waals surface area contributed by atoms with Crippen LogP contribution in [0.5, 0.6) is 0 Å². The molecule has 3 aromatic rings. The topological polar surface area (TPSA) is 100 Å². The van der Waals surface area contributed by atoms with E-state index in [0.717, 1.165) is 21.8 Å². The van der Waals surface area contributed by atoms with Crippen LogP contribution in [0.1, 0.15) is 46.7 Å². The lowest BCUT2D eigenvalue weighted by Crippen LogP contribution is -2.36. The molecule has 34 heavy (non-hydrogen) atoms. The average Bonchev–Trinajstić information content (AvgIpc) is 3.40. The number of ether oxygens (including phenoxy) is 1. The van der Waals surface area contributed by atoms with E-state index in [1.54, 1.807) is 11.1 Å². The van der Waals surface area contributed by atoms with E-state index in [2.05, 4.69) is 16.4 Å². The Hall–Kier alpha value is -3.64. The Bertz CT molecular complexity index is 1210. The number of fused-ring (bicyclic) bond motifs is 1. The molecule has 1 N–H and O–H groups in total. The summed E-state index contributed by atoms with van der Waals surface area (Å²) in [6.45, 7) is 5.56. The molecule has 176 valence electrons. The zero-order chi connectivity index (χ0) is 24.1. The van der Waals surface area contributed by atoms with Gasteiger partial charge in [0.15, 0.2) is 0 Å². The molecule has 2 aromatic heterocycles. The second kappa shape index (κ2) is 10.5. The summed E-state index contributed by atoms with van der Waals surface area (Å²) in [5, 5.41) is 13.2. The van der Waals surface area contributed by atoms with Gasteiger partial charge in [-0.1, -0.05) is 37.3 Å². The van der Waals surface area contributed by atoms with E-state index in [1.165, 1.54) is 11.3 Å². The number of hydrogen-bond acceptors (Lipinski definition) is 6. The monoisotopic (exact) mass is 477 g/mol. The van der Waals surface area contributed by atoms with Gasteiger partial charge >= 0.3 is 6.09 Å². The lowest BCUT2D eigenvalue weighted by atomic mass is 9.97. The van der Waals surface area contributed by atoms with Gasteiger partial charge < -0.3 is 19.5 Å². The molecule has 2 amide bonds. The Kier molecular flexibility index (Phi) is 7.28. The minimum absolute atomic E-state index is 0.0673. The van der Waals surface area contributed by atoms with Crippen molar-refractivity contribution >= 4 is 28.3 Å². The van der Waals surface area contributed by atoms with Crippen molar-refractivity contribution in [1.82, 2.24) is 14.5 Å². The first kappa shape index (κ1) is 23.5. The predicted octanol–water partition coefficient (Wildman–Crippen LogP) is 4.45. The zero-order valence-corrected chi connectivity index (χ0v) is 20.1. The van der Waals surface area contributed by atoms with Gasteiger partial charge in [-0.05, 0) is 30.4 Å². The van der Waals surface area contributed by atoms with Crippen molar-refractivity contribution in [2.75, 3.05) is 18.5 Å². The summed E-state index contributed by atoms with van der Waals surface area (Å²) in [7, 11) is 0. The van der Waals surface area contributed by atoms with Gasteiger partial charge in [0.1, 0.15) is 23.5 Å². The highest BCUT2D eigenvalue weighted by Crippen LogP contribution is 2.37. The third kappa shape index (κ3) is 5.29. The highest BCUT2D eigenvalue weighted by atomic mass is 32.1. The van der Waals surface area contributed by atoms with E-state index < -0.39 is 0 Å². The summed E-state index contributed by atoms with van der Waals surface area (Å²) in [6.07, 6.45) is 4.07. The van der Waals surface area contributed by atoms with Crippen molar-refractivity contribution in [1.29, 1.82) is 5.26 Å². The van der Waals surface area contributed by atoms with Crippen LogP contribution in [-0.2, 0) is 29.0 Å². The quantitative estimate of drug-likeness (QED) is 0.542. The Balaban J connectivity index is 1.36. The summed E-state index contributed by atoms with van der Waals surface area (Å²) in [6, 6.07) is 12.1. The summed E-state index contributed by atoms with van der Waals surface area (Å²) in [5.41, 5.74) is 2.52. The fourth-order valence-corrected chi connectivity index (χ4v) is 5.31. The van der Waals surface area contributed by atoms with Crippen LogP contribution in [0.3, 0.4) is 0 Å². The van der Waals surface area contributed by atoms with Gasteiger partial charge in [0.25, 0.3) is 0 Å². The number of carbonyl (C=O) groups is 2. The third-order valence-electron chi connectivity index (χ3n) is 6.02. The molecule has 8 nitrogen and oxygen atoms in total. The zero-order valence-electron chi connectivity index (χ0n) is 19.3. The van der Waals surface area contributed by atoms with Crippen molar-refractivity contribution in [3.05, 3.63) is 70.1 Å². The molecule has 0 spiro atoms. The van der Waals surface area contributed by atoms with E-state index in [9.17, 15) is 14.9 Å². The van der Waals surface area contributed by atoms with Crippen LogP contribution in [0, 0.1) is 18.3 Å². The first-order valence-corrected chi connectivity index (χ1v) is 12.1. The number of imidazole rings is 1. The van der Waals surface area contributed by atoms with Crippen LogP contribution in [0.2, 0.25) is 0 Å². The Labute approximate surface area is 202 Å². The number of nitrogens with zero attached hydrogens (tertiary/aromatic N) is 4. The number of nitriles is 1. The number of benzene rings is 1. The van der Waals surface area contributed by atoms with Crippen LogP contribution in [0.4, 0.5) is 9.80 Å². The van der Waals surface area contributed by atoms with Gasteiger partial charge in [-0.3, -0.25) is 4.79 Å². The number of rotatable bonds is 7. The standard InChI is InChI=1S/C25H27N5O3S/c1-17(19-6-4-3-5-7-19)14-23(31)28-24-21(15-26)20-8-10-30(16-22(20)34-24)25(32)33-13-12-29-11-9-27-18(29)2/h3-7,9,11,17H,8,10,12-14,16H2,1-2H3,(H,28,31). The molecule has 1 aromatic carbocycles. The van der Waals surface area contributed by atoms with E-state index in [1.807, 2.05) is 54.9 Å². The predicted molar refractivity (Wildman–Crippen MR) is 130 cm³/mol. The maximum atomic E-state index is 12.7. The molecule has 1 atom stereocenters. The Morgan fingerprint density at radius 1 is 1.32 bits per heavy atom. The number of amides is 2. The largest absolute Gasteiger partial charge is 0.448 e. The first-order valence-electron chi connectivity index (χ1n) is 11.2. The van der Waals surface area contributed by atoms with Gasteiger partial charge in [-0.25, -0.2) is 9.78 Å². The molecular formula is C25H27N5O3S. The van der Waals surface area contributed by atoms with Crippen LogP contribution in [-0.4, -0.2) is 39.6 Å². The van der Waals surface area contributed by atoms with Crippen molar-refractivity contribution < 1.29 is 14.3 Å². The number of carbonyl (C=O) groups excluding carboxylic acids is 2. The van der Waals surface area contributed by atoms with Crippen molar-refractivity contribution in [3.8, 4) is 6.07 Å². The molecule has 0 saturated carbocycles. The highest BCUT2D eigenvalue weighted by molar-refractivity contribution is 7.16. The number of thiophene rings is 1. The summed E-state index contributed by atoms with van der Waals surface area (Å²) >= 11 is 1.37. The molecule has 0 bridgehead atoms. The van der Waals surface area contributed by atoms with Gasteiger partial charge in [0.05, 0.1) is 18.7 Å². The van der Waals surface area contributed by atoms with E-state index >= 15 is 0 Å². The first-order chi connectivity index (χ1) is 16.5. The van der Waals surface area contributed by atoms with E-state index in [4.69, 9.17) is 4.74 Å². The molecule has 1 aliphatic heterocycles. The summed E-state index contributed by atoms with van der Waals surface area (Å²) < 4.78 is 7.37. The molecule has 1 aliphatic rings. The van der Waals surface area contributed by atoms with Crippen LogP contribution >= 0.6 is 11.3 Å². The molecule has 3 heterocycles. The summed E-state index contributed by atoms with van der Waals surface area (Å²) in [4.78, 5) is 32.0. The lowest BCUT2D eigenvalue weighted by Gasteiger charge is -2.26. The number of aryl methyl sites for hydroxylation is 1. The molecule has 9 heteroatoms. The summed E-state index contributed by atoms with van der Waals surface area (Å²) in [5.74, 6) is 0.809. The van der Waals surface area contributed by atoms with Gasteiger partial charge in [-0.15, -0.1) is 11.3 Å². The van der Waals surface area contributed by atoms with E-state index in [0.29, 0.717) is 43.0 Å². The highest BCUT2D eigenvalue weighted by Gasteiger charge is 2.28. The second-order valence-electron chi connectivity index (χ2n) is 8.34. The van der Waals surface area contributed by atoms with E-state index in [-0.39, 0.29) is 24.5 Å². The van der Waals surface area contributed by atoms with Crippen molar-refractivity contribution in [3.63, 3.8) is 0 Å². The maximum Gasteiger partial charge on any atom is 0.410 e. The van der Waals surface area contributed by atoms with Crippen molar-refractivity contribution in [2.45, 2.75) is 45.7 Å². The molecular weight excluding hydrogens is 450 g/mol. The minimum atomic E-state index is -0.377. The Morgan fingerprint density at radius 2 is 2.12 bits per heavy atom. The normalized spacial score (nSPS) is 13.6. The maximum absolute atomic E-state index is 12.7. The van der Waals surface area contributed by atoms with Gasteiger partial charge in [0, 0.05) is 30.2 Å². The molecule has 0 radical (unpaired) electrons. The third-order valence-corrected chi connectivity index (χ3v) is 7.15. The van der Waals surface area contributed by atoms with Gasteiger partial charge in [0.2, 0.25) is 5.91 Å². The number of hydrogen-bond donors (Lipinski definition) is 1. The average molecular weight is 478 g/mol.